The molecule has 1 aromatic carbocycles. The highest BCUT2D eigenvalue weighted by Crippen LogP contribution is 2.31. The molecule has 1 N–H and O–H groups in total. The maximum Gasteiger partial charge on any atom is 0.263 e. The third-order valence-corrected chi connectivity index (χ3v) is 5.64. The van der Waals surface area contributed by atoms with Crippen molar-refractivity contribution in [1.29, 1.82) is 0 Å². The number of Topliss-reactive ketones (excluding diaryl/α,β-unsaturated/α-hetero) is 1. The number of hydrogen-bond acceptors (Lipinski definition) is 7. The van der Waals surface area contributed by atoms with Crippen LogP contribution in [0.15, 0.2) is 23.1 Å². The van der Waals surface area contributed by atoms with Crippen LogP contribution in [-0.2, 0) is 10.0 Å². The topological polar surface area (TPSA) is 94.6 Å². The molecule has 23 heavy (non-hydrogen) atoms. The third kappa shape index (κ3) is 3.62. The first-order valence-electron chi connectivity index (χ1n) is 6.51. The fourth-order valence-corrected chi connectivity index (χ4v) is 4.04. The largest absolute Gasteiger partial charge is 0.493 e. The Morgan fingerprint density at radius 2 is 1.87 bits per heavy atom. The average molecular weight is 356 g/mol. The van der Waals surface area contributed by atoms with E-state index in [1.807, 2.05) is 0 Å². The molecule has 1 heterocycles. The highest BCUT2D eigenvalue weighted by Gasteiger charge is 2.20. The number of aryl methyl sites for hydroxylation is 1. The van der Waals surface area contributed by atoms with Gasteiger partial charge in [0.05, 0.1) is 29.7 Å². The minimum absolute atomic E-state index is 0.00683. The first kappa shape index (κ1) is 17.2. The summed E-state index contributed by atoms with van der Waals surface area (Å²) < 4.78 is 37.4. The van der Waals surface area contributed by atoms with E-state index in [0.29, 0.717) is 22.1 Å². The average Bonchev–Trinajstić information content (AvgIpc) is 2.86. The number of methoxy groups -OCH3 is 2. The van der Waals surface area contributed by atoms with Crippen molar-refractivity contribution in [2.24, 2.45) is 0 Å². The quantitative estimate of drug-likeness (QED) is 0.799. The molecule has 0 saturated heterocycles. The maximum atomic E-state index is 12.4. The van der Waals surface area contributed by atoms with Crippen molar-refractivity contribution in [2.75, 3.05) is 18.9 Å². The minimum atomic E-state index is -3.85. The second kappa shape index (κ2) is 6.55. The molecule has 0 saturated carbocycles. The predicted octanol–water partition coefficient (Wildman–Crippen LogP) is 2.47. The van der Waals surface area contributed by atoms with Crippen LogP contribution in [0, 0.1) is 6.92 Å². The Hall–Kier alpha value is -2.13. The highest BCUT2D eigenvalue weighted by molar-refractivity contribution is 7.93. The molecular formula is C14H16N2O5S2. The number of hydrogen-bond donors (Lipinski definition) is 1. The zero-order valence-corrected chi connectivity index (χ0v) is 14.7. The molecule has 9 heteroatoms. The normalized spacial score (nSPS) is 11.1. The number of thiazole rings is 1. The number of carbonyl (C=O) groups excluding carboxylic acids is 1. The molecule has 0 bridgehead atoms. The van der Waals surface area contributed by atoms with Gasteiger partial charge in [-0.3, -0.25) is 9.52 Å². The van der Waals surface area contributed by atoms with E-state index in [4.69, 9.17) is 9.47 Å². The van der Waals surface area contributed by atoms with E-state index in [1.165, 1.54) is 39.3 Å². The van der Waals surface area contributed by atoms with Crippen molar-refractivity contribution in [3.05, 3.63) is 28.8 Å². The lowest BCUT2D eigenvalue weighted by atomic mass is 10.3. The summed E-state index contributed by atoms with van der Waals surface area (Å²) in [5.74, 6) is 0.571. The molecule has 0 aliphatic carbocycles. The number of sulfonamides is 1. The van der Waals surface area contributed by atoms with Crippen LogP contribution in [-0.4, -0.2) is 33.4 Å². The summed E-state index contributed by atoms with van der Waals surface area (Å²) >= 11 is 1.000. The molecule has 0 radical (unpaired) electrons. The van der Waals surface area contributed by atoms with E-state index in [9.17, 15) is 13.2 Å². The van der Waals surface area contributed by atoms with Crippen molar-refractivity contribution in [3.63, 3.8) is 0 Å². The van der Waals surface area contributed by atoms with Gasteiger partial charge in [-0.2, -0.15) is 0 Å². The molecule has 0 fully saturated rings. The Morgan fingerprint density at radius 3 is 2.39 bits per heavy atom. The van der Waals surface area contributed by atoms with Gasteiger partial charge in [0.1, 0.15) is 0 Å². The molecule has 2 aromatic rings. The summed E-state index contributed by atoms with van der Waals surface area (Å²) in [7, 11) is -0.963. The van der Waals surface area contributed by atoms with E-state index in [2.05, 4.69) is 9.71 Å². The molecule has 0 amide bonds. The van der Waals surface area contributed by atoms with Crippen LogP contribution in [0.25, 0.3) is 0 Å². The van der Waals surface area contributed by atoms with Gasteiger partial charge in [0, 0.05) is 13.0 Å². The Bertz CT molecular complexity index is 843. The van der Waals surface area contributed by atoms with E-state index in [-0.39, 0.29) is 15.8 Å². The first-order valence-corrected chi connectivity index (χ1v) is 8.81. The fraction of sp³-hybridized carbons (Fsp3) is 0.286. The summed E-state index contributed by atoms with van der Waals surface area (Å²) in [4.78, 5) is 15.9. The third-order valence-electron chi connectivity index (χ3n) is 3.00. The SMILES string of the molecule is COc1ccc(S(=O)(=O)Nc2nc(C)c(C(C)=O)s2)cc1OC. The predicted molar refractivity (Wildman–Crippen MR) is 87.2 cm³/mol. The first-order chi connectivity index (χ1) is 10.8. The van der Waals surface area contributed by atoms with Crippen LogP contribution in [0.3, 0.4) is 0 Å². The van der Waals surface area contributed by atoms with Crippen LogP contribution in [0.4, 0.5) is 5.13 Å². The van der Waals surface area contributed by atoms with Gasteiger partial charge >= 0.3 is 0 Å². The molecule has 2 rings (SSSR count). The lowest BCUT2D eigenvalue weighted by molar-refractivity contribution is 0.102. The van der Waals surface area contributed by atoms with Crippen LogP contribution < -0.4 is 14.2 Å². The highest BCUT2D eigenvalue weighted by atomic mass is 32.2. The fourth-order valence-electron chi connectivity index (χ4n) is 1.92. The number of anilines is 1. The molecule has 0 spiro atoms. The number of ether oxygens (including phenoxy) is 2. The van der Waals surface area contributed by atoms with Gasteiger partial charge in [0.2, 0.25) is 0 Å². The molecular weight excluding hydrogens is 340 g/mol. The Morgan fingerprint density at radius 1 is 1.22 bits per heavy atom. The van der Waals surface area contributed by atoms with Gasteiger partial charge in [-0.1, -0.05) is 11.3 Å². The Labute approximate surface area is 138 Å². The second-order valence-electron chi connectivity index (χ2n) is 4.61. The van der Waals surface area contributed by atoms with E-state index in [1.54, 1.807) is 6.92 Å². The molecule has 0 aliphatic heterocycles. The van der Waals surface area contributed by atoms with Crippen molar-refractivity contribution in [2.45, 2.75) is 18.7 Å². The summed E-state index contributed by atoms with van der Waals surface area (Å²) in [6.45, 7) is 3.06. The zero-order valence-electron chi connectivity index (χ0n) is 13.0. The van der Waals surface area contributed by atoms with Crippen LogP contribution in [0.2, 0.25) is 0 Å². The number of nitrogens with one attached hydrogen (secondary N) is 1. The molecule has 7 nitrogen and oxygen atoms in total. The summed E-state index contributed by atoms with van der Waals surface area (Å²) in [6, 6.07) is 4.26. The number of carbonyl (C=O) groups is 1. The molecule has 0 atom stereocenters. The van der Waals surface area contributed by atoms with Gasteiger partial charge in [-0.25, -0.2) is 13.4 Å². The molecule has 0 aliphatic rings. The van der Waals surface area contributed by atoms with E-state index < -0.39 is 10.0 Å². The van der Waals surface area contributed by atoms with E-state index >= 15 is 0 Å². The number of rotatable bonds is 6. The van der Waals surface area contributed by atoms with E-state index in [0.717, 1.165) is 11.3 Å². The summed E-state index contributed by atoms with van der Waals surface area (Å²) in [6.07, 6.45) is 0. The molecule has 124 valence electrons. The van der Waals surface area contributed by atoms with Gasteiger partial charge in [-0.05, 0) is 19.1 Å². The standard InChI is InChI=1S/C14H16N2O5S2/c1-8-13(9(2)17)22-14(15-8)16-23(18,19)10-5-6-11(20-3)12(7-10)21-4/h5-7H,1-4H3,(H,15,16). The maximum absolute atomic E-state index is 12.4. The van der Waals surface area contributed by atoms with Crippen molar-refractivity contribution in [1.82, 2.24) is 4.98 Å². The molecule has 1 aromatic heterocycles. The zero-order chi connectivity index (χ0) is 17.2. The monoisotopic (exact) mass is 356 g/mol. The van der Waals surface area contributed by atoms with Crippen LogP contribution in [0.5, 0.6) is 11.5 Å². The number of aromatic nitrogens is 1. The minimum Gasteiger partial charge on any atom is -0.493 e. The van der Waals surface area contributed by atoms with Crippen LogP contribution in [0.1, 0.15) is 22.3 Å². The lowest BCUT2D eigenvalue weighted by Crippen LogP contribution is -2.13. The van der Waals surface area contributed by atoms with Gasteiger partial charge in [0.15, 0.2) is 22.4 Å². The second-order valence-corrected chi connectivity index (χ2v) is 7.29. The van der Waals surface area contributed by atoms with Crippen LogP contribution >= 0.6 is 11.3 Å². The van der Waals surface area contributed by atoms with Gasteiger partial charge in [-0.15, -0.1) is 0 Å². The molecule has 0 unspecified atom stereocenters. The smallest absolute Gasteiger partial charge is 0.263 e. The number of nitrogens with zero attached hydrogens (tertiary/aromatic N) is 1. The van der Waals surface area contributed by atoms with Gasteiger partial charge in [0.25, 0.3) is 10.0 Å². The van der Waals surface area contributed by atoms with Gasteiger partial charge < -0.3 is 9.47 Å². The summed E-state index contributed by atoms with van der Waals surface area (Å²) in [5.41, 5.74) is 0.493. The van der Waals surface area contributed by atoms with Crippen molar-refractivity contribution >= 4 is 32.3 Å². The summed E-state index contributed by atoms with van der Waals surface area (Å²) in [5, 5.41) is 0.141. The lowest BCUT2D eigenvalue weighted by Gasteiger charge is -2.10. The number of ketones is 1. The Kier molecular flexibility index (Phi) is 4.90. The van der Waals surface area contributed by atoms with Crippen molar-refractivity contribution in [3.8, 4) is 11.5 Å². The Balaban J connectivity index is 2.35. The van der Waals surface area contributed by atoms with Crippen molar-refractivity contribution < 1.29 is 22.7 Å². The number of benzene rings is 1.